The fourth-order valence-corrected chi connectivity index (χ4v) is 8.46. The number of aliphatic hydroxyl groups is 2. The minimum absolute atomic E-state index is 0.0988. The molecule has 204 valence electrons. The molecule has 4 rings (SSSR count). The Morgan fingerprint density at radius 2 is 1.97 bits per heavy atom. The third kappa shape index (κ3) is 5.25. The number of hydrogen-bond acceptors (Lipinski definition) is 6. The molecule has 7 nitrogen and oxygen atoms in total. The monoisotopic (exact) mass is 503 g/mol. The first kappa shape index (κ1) is 27.6. The van der Waals surface area contributed by atoms with Crippen molar-refractivity contribution in [1.29, 1.82) is 0 Å². The van der Waals surface area contributed by atoms with E-state index in [1.165, 1.54) is 29.7 Å². The van der Waals surface area contributed by atoms with Gasteiger partial charge in [-0.15, -0.1) is 0 Å². The summed E-state index contributed by atoms with van der Waals surface area (Å²) in [6.45, 7) is 12.3. The van der Waals surface area contributed by atoms with Crippen LogP contribution >= 0.6 is 0 Å². The zero-order chi connectivity index (χ0) is 26.1. The number of rotatable bonds is 8. The Morgan fingerprint density at radius 1 is 1.19 bits per heavy atom. The second-order valence-electron chi connectivity index (χ2n) is 12.7. The first-order valence-electron chi connectivity index (χ1n) is 14.3. The molecule has 0 saturated heterocycles. The smallest absolute Gasteiger partial charge is 0.395 e. The van der Waals surface area contributed by atoms with Crippen LogP contribution in [0.5, 0.6) is 0 Å². The molecule has 0 aromatic rings. The number of carbonyl (C=O) groups is 1. The summed E-state index contributed by atoms with van der Waals surface area (Å²) in [4.78, 5) is 19.6. The van der Waals surface area contributed by atoms with Gasteiger partial charge in [0.25, 0.3) is 0 Å². The molecule has 4 aliphatic carbocycles. The van der Waals surface area contributed by atoms with E-state index in [0.717, 1.165) is 37.8 Å². The Kier molecular flexibility index (Phi) is 8.52. The van der Waals surface area contributed by atoms with Crippen LogP contribution in [0.4, 0.5) is 4.79 Å². The van der Waals surface area contributed by atoms with E-state index in [4.69, 9.17) is 4.84 Å². The van der Waals surface area contributed by atoms with Crippen molar-refractivity contribution in [2.24, 2.45) is 39.7 Å². The number of carbonyl (C=O) groups excluding carboxylic acids is 1. The second-order valence-corrected chi connectivity index (χ2v) is 12.7. The molecule has 7 atom stereocenters. The molecule has 3 fully saturated rings. The quantitative estimate of drug-likeness (QED) is 0.193. The molecule has 7 heteroatoms. The maximum Gasteiger partial charge on any atom is 0.436 e. The number of aliphatic hydroxyl groups excluding tert-OH is 2. The van der Waals surface area contributed by atoms with Gasteiger partial charge in [-0.3, -0.25) is 4.84 Å². The molecular formula is C29H49N3O4. The number of amides is 1. The second kappa shape index (κ2) is 11.1. The highest BCUT2D eigenvalue weighted by Crippen LogP contribution is 2.66. The highest BCUT2D eigenvalue weighted by atomic mass is 16.7. The van der Waals surface area contributed by atoms with Crippen LogP contribution in [0.25, 0.3) is 0 Å². The van der Waals surface area contributed by atoms with Gasteiger partial charge >= 0.3 is 6.09 Å². The minimum Gasteiger partial charge on any atom is -0.395 e. The summed E-state index contributed by atoms with van der Waals surface area (Å²) >= 11 is 0. The van der Waals surface area contributed by atoms with Crippen molar-refractivity contribution in [2.75, 3.05) is 26.2 Å². The summed E-state index contributed by atoms with van der Waals surface area (Å²) in [7, 11) is 0. The number of nitrogens with one attached hydrogen (secondary N) is 1. The number of allylic oxidation sites excluding steroid dienone is 1. The normalized spacial score (nSPS) is 38.2. The molecule has 0 heterocycles. The minimum atomic E-state index is -0.491. The molecule has 0 aromatic heterocycles. The zero-order valence-electron chi connectivity index (χ0n) is 23.1. The van der Waals surface area contributed by atoms with Gasteiger partial charge in [0.15, 0.2) is 0 Å². The van der Waals surface area contributed by atoms with Crippen LogP contribution in [-0.2, 0) is 4.84 Å². The number of nitrogens with zero attached hydrogens (tertiary/aromatic N) is 2. The summed E-state index contributed by atoms with van der Waals surface area (Å²) in [6, 6.07) is 0.335. The lowest BCUT2D eigenvalue weighted by atomic mass is 9.47. The van der Waals surface area contributed by atoms with Gasteiger partial charge in [-0.1, -0.05) is 44.5 Å². The molecule has 1 amide bonds. The van der Waals surface area contributed by atoms with Gasteiger partial charge in [0.1, 0.15) is 0 Å². The first-order valence-corrected chi connectivity index (χ1v) is 14.3. The van der Waals surface area contributed by atoms with Crippen LogP contribution in [0.1, 0.15) is 86.0 Å². The van der Waals surface area contributed by atoms with Gasteiger partial charge in [-0.05, 0) is 86.9 Å². The van der Waals surface area contributed by atoms with Crippen molar-refractivity contribution in [3.05, 3.63) is 11.6 Å². The fourth-order valence-electron chi connectivity index (χ4n) is 8.46. The molecule has 3 saturated carbocycles. The molecule has 4 aliphatic rings. The van der Waals surface area contributed by atoms with Gasteiger partial charge < -0.3 is 20.4 Å². The van der Waals surface area contributed by atoms with Gasteiger partial charge in [0.2, 0.25) is 0 Å². The molecule has 0 aliphatic heterocycles. The molecule has 0 aromatic carbocycles. The lowest BCUT2D eigenvalue weighted by molar-refractivity contribution is -0.0426. The van der Waals surface area contributed by atoms with Crippen molar-refractivity contribution in [3.63, 3.8) is 0 Å². The van der Waals surface area contributed by atoms with Crippen molar-refractivity contribution >= 4 is 11.8 Å². The lowest BCUT2D eigenvalue weighted by Gasteiger charge is -2.58. The van der Waals surface area contributed by atoms with E-state index in [1.807, 2.05) is 6.92 Å². The fraction of sp³-hybridized carbons (Fsp3) is 0.862. The molecule has 0 radical (unpaired) electrons. The number of hydrogen-bond donors (Lipinski definition) is 3. The van der Waals surface area contributed by atoms with Crippen LogP contribution in [0.2, 0.25) is 0 Å². The first-order chi connectivity index (χ1) is 17.1. The van der Waals surface area contributed by atoms with E-state index in [1.54, 1.807) is 0 Å². The van der Waals surface area contributed by atoms with E-state index < -0.39 is 6.09 Å². The van der Waals surface area contributed by atoms with E-state index in [9.17, 15) is 15.0 Å². The topological polar surface area (TPSA) is 94.4 Å². The van der Waals surface area contributed by atoms with Crippen molar-refractivity contribution in [1.82, 2.24) is 10.2 Å². The summed E-state index contributed by atoms with van der Waals surface area (Å²) in [5, 5.41) is 27.3. The average Bonchev–Trinajstić information content (AvgIpc) is 3.19. The summed E-state index contributed by atoms with van der Waals surface area (Å²) in [6.07, 6.45) is 10.6. The van der Waals surface area contributed by atoms with Crippen LogP contribution < -0.4 is 5.32 Å². The van der Waals surface area contributed by atoms with Crippen LogP contribution in [0.3, 0.4) is 0 Å². The largest absolute Gasteiger partial charge is 0.436 e. The lowest BCUT2D eigenvalue weighted by Crippen LogP contribution is -2.50. The Hall–Kier alpha value is -1.44. The van der Waals surface area contributed by atoms with Crippen molar-refractivity contribution in [3.8, 4) is 0 Å². The van der Waals surface area contributed by atoms with Crippen LogP contribution in [0.15, 0.2) is 16.8 Å². The van der Waals surface area contributed by atoms with E-state index in [-0.39, 0.29) is 30.1 Å². The van der Waals surface area contributed by atoms with E-state index >= 15 is 0 Å². The van der Waals surface area contributed by atoms with Gasteiger partial charge in [-0.25, -0.2) is 4.79 Å². The summed E-state index contributed by atoms with van der Waals surface area (Å²) in [5.41, 5.74) is 2.88. The van der Waals surface area contributed by atoms with Gasteiger partial charge in [0.05, 0.1) is 18.4 Å². The van der Waals surface area contributed by atoms with E-state index in [0.29, 0.717) is 42.8 Å². The highest BCUT2D eigenvalue weighted by molar-refractivity contribution is 5.85. The molecule has 0 unspecified atom stereocenters. The number of oxime groups is 1. The third-order valence-corrected chi connectivity index (χ3v) is 10.4. The van der Waals surface area contributed by atoms with Crippen LogP contribution in [0, 0.1) is 34.5 Å². The molecule has 0 bridgehead atoms. The SMILES string of the molecule is C/C(=N\OC(=O)N(CCO)CCNC(C)C)[C@H]1CC[C@H]2[C@@H]3CC=C4C[C@@H](O)CC[C@]4(C)[C@H]3CC[C@]12C. The van der Waals surface area contributed by atoms with Crippen molar-refractivity contribution in [2.45, 2.75) is 98.1 Å². The third-order valence-electron chi connectivity index (χ3n) is 10.4. The average molecular weight is 504 g/mol. The molecule has 0 spiro atoms. The Labute approximate surface area is 217 Å². The summed E-state index contributed by atoms with van der Waals surface area (Å²) < 4.78 is 0. The van der Waals surface area contributed by atoms with Crippen molar-refractivity contribution < 1.29 is 19.8 Å². The Morgan fingerprint density at radius 3 is 2.69 bits per heavy atom. The zero-order valence-corrected chi connectivity index (χ0v) is 23.1. The Balaban J connectivity index is 1.42. The molecule has 3 N–H and O–H groups in total. The maximum absolute atomic E-state index is 12.7. The van der Waals surface area contributed by atoms with E-state index in [2.05, 4.69) is 44.2 Å². The number of fused-ring (bicyclic) bond motifs is 5. The van der Waals surface area contributed by atoms with Crippen LogP contribution in [-0.4, -0.2) is 65.3 Å². The summed E-state index contributed by atoms with van der Waals surface area (Å²) in [5.74, 6) is 2.40. The maximum atomic E-state index is 12.7. The standard InChI is InChI=1S/C29H49N3O4/c1-19(2)30-14-15-32(16-17-33)27(35)36-31-20(3)24-8-9-25-23-7-6-21-18-22(34)10-12-28(21,4)26(23)11-13-29(24,25)5/h6,19,22-26,30,33-34H,7-18H2,1-5H3/b31-20+/t22-,23-,24+,25-,26-,28-,29+/m0/s1. The van der Waals surface area contributed by atoms with Gasteiger partial charge in [0, 0.05) is 31.6 Å². The molecular weight excluding hydrogens is 454 g/mol. The Bertz CT molecular complexity index is 857. The molecule has 36 heavy (non-hydrogen) atoms. The predicted molar refractivity (Wildman–Crippen MR) is 143 cm³/mol. The van der Waals surface area contributed by atoms with Gasteiger partial charge in [-0.2, -0.15) is 0 Å². The highest BCUT2D eigenvalue weighted by Gasteiger charge is 2.59. The predicted octanol–water partition coefficient (Wildman–Crippen LogP) is 4.73.